The number of carboxylic acid groups (broad SMARTS) is 1. The number of carbonyl (C=O) groups is 2. The van der Waals surface area contributed by atoms with Gasteiger partial charge in [0.15, 0.2) is 0 Å². The molecule has 190 valence electrons. The van der Waals surface area contributed by atoms with E-state index >= 15 is 0 Å². The van der Waals surface area contributed by atoms with E-state index in [0.29, 0.717) is 38.6 Å². The zero-order valence-corrected chi connectivity index (χ0v) is 19.8. The molecule has 0 radical (unpaired) electrons. The van der Waals surface area contributed by atoms with E-state index in [9.17, 15) is 33.0 Å². The lowest BCUT2D eigenvalue weighted by atomic mass is 9.72. The van der Waals surface area contributed by atoms with E-state index in [-0.39, 0.29) is 12.1 Å². The SMILES string of the molecule is CC(C)(C)N(C(=O)O)[C@H]1CCN(C(=O)C(c2cccc(OC(F)(F)F)c2)C2(O)CCCCC2)C1. The fourth-order valence-electron chi connectivity index (χ4n) is 5.35. The Morgan fingerprint density at radius 1 is 1.18 bits per heavy atom. The van der Waals surface area contributed by atoms with Crippen LogP contribution in [0.2, 0.25) is 0 Å². The summed E-state index contributed by atoms with van der Waals surface area (Å²) in [5, 5.41) is 21.2. The molecule has 2 atom stereocenters. The second-order valence-electron chi connectivity index (χ2n) is 10.3. The predicted octanol–water partition coefficient (Wildman–Crippen LogP) is 4.74. The maximum Gasteiger partial charge on any atom is 0.573 e. The van der Waals surface area contributed by atoms with Crippen LogP contribution in [0.1, 0.15) is 70.8 Å². The Morgan fingerprint density at radius 2 is 1.82 bits per heavy atom. The van der Waals surface area contributed by atoms with Gasteiger partial charge in [-0.15, -0.1) is 13.2 Å². The molecule has 2 fully saturated rings. The van der Waals surface area contributed by atoms with E-state index in [0.717, 1.165) is 18.6 Å². The third-order valence-electron chi connectivity index (χ3n) is 6.70. The summed E-state index contributed by atoms with van der Waals surface area (Å²) < 4.78 is 42.4. The Bertz CT molecular complexity index is 893. The molecule has 1 heterocycles. The minimum absolute atomic E-state index is 0.160. The highest BCUT2D eigenvalue weighted by Gasteiger charge is 2.47. The number of halogens is 3. The molecular weight excluding hydrogens is 453 g/mol. The average Bonchev–Trinajstić information content (AvgIpc) is 3.15. The van der Waals surface area contributed by atoms with Crippen molar-refractivity contribution < 1.29 is 37.7 Å². The van der Waals surface area contributed by atoms with Gasteiger partial charge in [-0.25, -0.2) is 4.79 Å². The van der Waals surface area contributed by atoms with Crippen LogP contribution in [0.4, 0.5) is 18.0 Å². The maximum atomic E-state index is 13.8. The number of likely N-dealkylation sites (tertiary alicyclic amines) is 1. The van der Waals surface area contributed by atoms with Crippen molar-refractivity contribution in [3.8, 4) is 5.75 Å². The van der Waals surface area contributed by atoms with E-state index < -0.39 is 47.2 Å². The first-order valence-corrected chi connectivity index (χ1v) is 11.6. The first-order valence-electron chi connectivity index (χ1n) is 11.6. The average molecular weight is 487 g/mol. The van der Waals surface area contributed by atoms with Crippen molar-refractivity contribution in [2.24, 2.45) is 0 Å². The largest absolute Gasteiger partial charge is 0.573 e. The van der Waals surface area contributed by atoms with Gasteiger partial charge in [0.2, 0.25) is 5.91 Å². The molecule has 1 aliphatic heterocycles. The standard InChI is InChI=1S/C24H33F3N2O5/c1-22(2,3)29(21(31)32)17-10-13-28(15-17)20(30)19(23(33)11-5-4-6-12-23)16-8-7-9-18(14-16)34-24(25,26)27/h7-9,14,17,19,33H,4-6,10-13,15H2,1-3H3,(H,31,32)/t17-,19?/m0/s1. The third-order valence-corrected chi connectivity index (χ3v) is 6.70. The minimum Gasteiger partial charge on any atom is -0.465 e. The normalized spacial score (nSPS) is 21.7. The first kappa shape index (κ1) is 26.1. The van der Waals surface area contributed by atoms with Gasteiger partial charge in [0, 0.05) is 18.6 Å². The Hall–Kier alpha value is -2.49. The molecule has 10 heteroatoms. The molecule has 1 unspecified atom stereocenters. The van der Waals surface area contributed by atoms with Crippen LogP contribution in [0, 0.1) is 0 Å². The summed E-state index contributed by atoms with van der Waals surface area (Å²) in [4.78, 5) is 28.5. The molecule has 1 saturated carbocycles. The monoisotopic (exact) mass is 486 g/mol. The van der Waals surface area contributed by atoms with Crippen LogP contribution in [0.25, 0.3) is 0 Å². The lowest BCUT2D eigenvalue weighted by Gasteiger charge is -2.41. The van der Waals surface area contributed by atoms with Crippen LogP contribution < -0.4 is 4.74 Å². The molecular formula is C24H33F3N2O5. The van der Waals surface area contributed by atoms with Gasteiger partial charge in [-0.05, 0) is 57.7 Å². The fourth-order valence-corrected chi connectivity index (χ4v) is 5.35. The highest BCUT2D eigenvalue weighted by Crippen LogP contribution is 2.43. The zero-order chi connectivity index (χ0) is 25.3. The van der Waals surface area contributed by atoms with Gasteiger partial charge in [0.1, 0.15) is 5.75 Å². The summed E-state index contributed by atoms with van der Waals surface area (Å²) in [6, 6.07) is 4.81. The van der Waals surface area contributed by atoms with Gasteiger partial charge < -0.3 is 19.8 Å². The highest BCUT2D eigenvalue weighted by molar-refractivity contribution is 5.86. The topological polar surface area (TPSA) is 90.3 Å². The number of aliphatic hydroxyl groups is 1. The molecule has 0 spiro atoms. The Balaban J connectivity index is 1.92. The molecule has 7 nitrogen and oxygen atoms in total. The number of hydrogen-bond acceptors (Lipinski definition) is 4. The zero-order valence-electron chi connectivity index (χ0n) is 19.8. The van der Waals surface area contributed by atoms with E-state index in [1.807, 2.05) is 0 Å². The number of carbonyl (C=O) groups excluding carboxylic acids is 1. The Labute approximate surface area is 197 Å². The van der Waals surface area contributed by atoms with Gasteiger partial charge in [-0.3, -0.25) is 9.69 Å². The van der Waals surface area contributed by atoms with Crippen molar-refractivity contribution in [1.82, 2.24) is 9.80 Å². The summed E-state index contributed by atoms with van der Waals surface area (Å²) >= 11 is 0. The number of alkyl halides is 3. The van der Waals surface area contributed by atoms with Crippen LogP contribution in [0.15, 0.2) is 24.3 Å². The van der Waals surface area contributed by atoms with Crippen molar-refractivity contribution in [3.05, 3.63) is 29.8 Å². The first-order chi connectivity index (χ1) is 15.7. The second-order valence-corrected chi connectivity index (χ2v) is 10.3. The number of rotatable bonds is 5. The Kier molecular flexibility index (Phi) is 7.40. The molecule has 0 aromatic heterocycles. The van der Waals surface area contributed by atoms with Crippen molar-refractivity contribution in [1.29, 1.82) is 0 Å². The molecule has 2 N–H and O–H groups in total. The van der Waals surface area contributed by atoms with Crippen LogP contribution in [0.5, 0.6) is 5.75 Å². The van der Waals surface area contributed by atoms with E-state index in [4.69, 9.17) is 0 Å². The Morgan fingerprint density at radius 3 is 2.38 bits per heavy atom. The molecule has 1 aromatic rings. The van der Waals surface area contributed by atoms with Gasteiger partial charge in [0.05, 0.1) is 17.6 Å². The number of benzene rings is 1. The smallest absolute Gasteiger partial charge is 0.465 e. The van der Waals surface area contributed by atoms with Gasteiger partial charge in [0.25, 0.3) is 0 Å². The predicted molar refractivity (Wildman–Crippen MR) is 119 cm³/mol. The van der Waals surface area contributed by atoms with Crippen LogP contribution in [-0.2, 0) is 4.79 Å². The second kappa shape index (κ2) is 9.64. The number of nitrogens with zero attached hydrogens (tertiary/aromatic N) is 2. The molecule has 2 aliphatic rings. The van der Waals surface area contributed by atoms with Gasteiger partial charge in [-0.2, -0.15) is 0 Å². The van der Waals surface area contributed by atoms with Crippen molar-refractivity contribution in [3.63, 3.8) is 0 Å². The number of amides is 2. The highest BCUT2D eigenvalue weighted by atomic mass is 19.4. The minimum atomic E-state index is -4.88. The molecule has 1 aromatic carbocycles. The quantitative estimate of drug-likeness (QED) is 0.627. The van der Waals surface area contributed by atoms with Crippen molar-refractivity contribution in [2.45, 2.75) is 88.8 Å². The van der Waals surface area contributed by atoms with Crippen molar-refractivity contribution in [2.75, 3.05) is 13.1 Å². The van der Waals surface area contributed by atoms with E-state index in [1.165, 1.54) is 21.9 Å². The fraction of sp³-hybridized carbons (Fsp3) is 0.667. The third kappa shape index (κ3) is 5.95. The van der Waals surface area contributed by atoms with Crippen LogP contribution in [-0.4, -0.2) is 68.6 Å². The van der Waals surface area contributed by atoms with Gasteiger partial charge in [-0.1, -0.05) is 31.4 Å². The van der Waals surface area contributed by atoms with E-state index in [2.05, 4.69) is 4.74 Å². The molecule has 0 bridgehead atoms. The number of ether oxygens (including phenoxy) is 1. The summed E-state index contributed by atoms with van der Waals surface area (Å²) in [7, 11) is 0. The van der Waals surface area contributed by atoms with Gasteiger partial charge >= 0.3 is 12.5 Å². The lowest BCUT2D eigenvalue weighted by molar-refractivity contribution is -0.274. The molecule has 2 amide bonds. The maximum absolute atomic E-state index is 13.8. The van der Waals surface area contributed by atoms with Crippen LogP contribution >= 0.6 is 0 Å². The molecule has 34 heavy (non-hydrogen) atoms. The molecule has 1 saturated heterocycles. The molecule has 1 aliphatic carbocycles. The van der Waals surface area contributed by atoms with Crippen LogP contribution in [0.3, 0.4) is 0 Å². The van der Waals surface area contributed by atoms with E-state index in [1.54, 1.807) is 20.8 Å². The summed E-state index contributed by atoms with van der Waals surface area (Å²) in [5.74, 6) is -1.93. The number of hydrogen-bond donors (Lipinski definition) is 2. The van der Waals surface area contributed by atoms with Crippen molar-refractivity contribution >= 4 is 12.0 Å². The summed E-state index contributed by atoms with van der Waals surface area (Å²) in [6.07, 6.45) is -2.48. The molecule has 3 rings (SSSR count). The summed E-state index contributed by atoms with van der Waals surface area (Å²) in [6.45, 7) is 5.81. The summed E-state index contributed by atoms with van der Waals surface area (Å²) in [5.41, 5.74) is -1.81. The lowest BCUT2D eigenvalue weighted by Crippen LogP contribution is -2.53.